The maximum atomic E-state index is 3.69. The van der Waals surface area contributed by atoms with E-state index < -0.39 is 0 Å². The summed E-state index contributed by atoms with van der Waals surface area (Å²) in [7, 11) is 0. The Kier molecular flexibility index (Phi) is 4.31. The molecule has 1 aliphatic carbocycles. The Balaban J connectivity index is 2.28. The molecule has 10 heavy (non-hydrogen) atoms. The van der Waals surface area contributed by atoms with Crippen molar-refractivity contribution in [3.8, 4) is 0 Å². The fraction of sp³-hybridized carbons (Fsp3) is 1.00. The van der Waals surface area contributed by atoms with Crippen LogP contribution in [0.3, 0.4) is 0 Å². The highest BCUT2D eigenvalue weighted by atomic mass is 79.9. The van der Waals surface area contributed by atoms with Crippen LogP contribution in [-0.2, 0) is 0 Å². The molecule has 1 aliphatic rings. The third kappa shape index (κ3) is 2.91. The number of hydrogen-bond acceptors (Lipinski definition) is 0. The van der Waals surface area contributed by atoms with Crippen LogP contribution in [0, 0.1) is 0 Å². The Morgan fingerprint density at radius 2 is 1.10 bits per heavy atom. The highest BCUT2D eigenvalue weighted by molar-refractivity contribution is 9.12. The zero-order chi connectivity index (χ0) is 7.40. The van der Waals surface area contributed by atoms with Gasteiger partial charge in [0.2, 0.25) is 0 Å². The van der Waals surface area contributed by atoms with E-state index in [1.165, 1.54) is 38.5 Å². The van der Waals surface area contributed by atoms with Gasteiger partial charge in [-0.2, -0.15) is 0 Å². The standard InChI is InChI=1S/C8H14Br2/c9-7-5-3-1-2-4-6-8(7)10/h7-8H,1-6H2/t7-,8-/m0/s1. The van der Waals surface area contributed by atoms with Gasteiger partial charge in [-0.05, 0) is 12.8 Å². The lowest BCUT2D eigenvalue weighted by atomic mass is 10.0. The molecular weight excluding hydrogens is 256 g/mol. The van der Waals surface area contributed by atoms with Gasteiger partial charge >= 0.3 is 0 Å². The van der Waals surface area contributed by atoms with E-state index in [2.05, 4.69) is 31.9 Å². The van der Waals surface area contributed by atoms with Crippen LogP contribution in [-0.4, -0.2) is 9.65 Å². The molecule has 2 heteroatoms. The summed E-state index contributed by atoms with van der Waals surface area (Å²) in [6.45, 7) is 0. The predicted molar refractivity (Wildman–Crippen MR) is 53.1 cm³/mol. The van der Waals surface area contributed by atoms with E-state index in [0.29, 0.717) is 9.65 Å². The van der Waals surface area contributed by atoms with Crippen LogP contribution in [0.1, 0.15) is 38.5 Å². The lowest BCUT2D eigenvalue weighted by Gasteiger charge is -2.19. The topological polar surface area (TPSA) is 0 Å². The lowest BCUT2D eigenvalue weighted by molar-refractivity contribution is 0.529. The van der Waals surface area contributed by atoms with Crippen LogP contribution in [0.15, 0.2) is 0 Å². The summed E-state index contributed by atoms with van der Waals surface area (Å²) < 4.78 is 0. The molecule has 1 saturated carbocycles. The minimum atomic E-state index is 0.716. The third-order valence-electron chi connectivity index (χ3n) is 2.10. The van der Waals surface area contributed by atoms with E-state index in [0.717, 1.165) is 0 Å². The highest BCUT2D eigenvalue weighted by Gasteiger charge is 2.16. The fourth-order valence-corrected chi connectivity index (χ4v) is 2.57. The molecule has 2 atom stereocenters. The molecule has 1 fully saturated rings. The van der Waals surface area contributed by atoms with Crippen molar-refractivity contribution in [3.63, 3.8) is 0 Å². The third-order valence-corrected chi connectivity index (χ3v) is 5.00. The van der Waals surface area contributed by atoms with E-state index in [4.69, 9.17) is 0 Å². The van der Waals surface area contributed by atoms with Crippen molar-refractivity contribution in [1.82, 2.24) is 0 Å². The SMILES string of the molecule is Br[C@H]1CCCCCC[C@@H]1Br. The molecular formula is C8H14Br2. The second kappa shape index (κ2) is 4.76. The Hall–Kier alpha value is 0.960. The average Bonchev–Trinajstić information content (AvgIpc) is 1.92. The summed E-state index contributed by atoms with van der Waals surface area (Å²) >= 11 is 7.38. The molecule has 0 N–H and O–H groups in total. The van der Waals surface area contributed by atoms with Crippen LogP contribution in [0.4, 0.5) is 0 Å². The van der Waals surface area contributed by atoms with E-state index >= 15 is 0 Å². The summed E-state index contributed by atoms with van der Waals surface area (Å²) in [5, 5.41) is 0. The molecule has 0 aliphatic heterocycles. The molecule has 0 aromatic carbocycles. The van der Waals surface area contributed by atoms with Gasteiger partial charge in [0.15, 0.2) is 0 Å². The molecule has 0 bridgehead atoms. The van der Waals surface area contributed by atoms with Crippen LogP contribution >= 0.6 is 31.9 Å². The van der Waals surface area contributed by atoms with Gasteiger partial charge in [-0.1, -0.05) is 57.5 Å². The Morgan fingerprint density at radius 3 is 1.50 bits per heavy atom. The largest absolute Gasteiger partial charge is 0.0879 e. The van der Waals surface area contributed by atoms with E-state index in [-0.39, 0.29) is 0 Å². The summed E-state index contributed by atoms with van der Waals surface area (Å²) in [6, 6.07) is 0. The minimum absolute atomic E-state index is 0.716. The van der Waals surface area contributed by atoms with Crippen molar-refractivity contribution in [3.05, 3.63) is 0 Å². The van der Waals surface area contributed by atoms with Crippen molar-refractivity contribution in [2.24, 2.45) is 0 Å². The van der Waals surface area contributed by atoms with Gasteiger partial charge in [0.1, 0.15) is 0 Å². The van der Waals surface area contributed by atoms with E-state index in [1.807, 2.05) is 0 Å². The van der Waals surface area contributed by atoms with Crippen molar-refractivity contribution in [1.29, 1.82) is 0 Å². The molecule has 0 aromatic rings. The molecule has 0 unspecified atom stereocenters. The second-order valence-electron chi connectivity index (χ2n) is 3.02. The first-order valence-electron chi connectivity index (χ1n) is 4.09. The van der Waals surface area contributed by atoms with E-state index in [9.17, 15) is 0 Å². The average molecular weight is 270 g/mol. The number of rotatable bonds is 0. The molecule has 0 nitrogen and oxygen atoms in total. The fourth-order valence-electron chi connectivity index (χ4n) is 1.39. The van der Waals surface area contributed by atoms with E-state index in [1.54, 1.807) is 0 Å². The monoisotopic (exact) mass is 268 g/mol. The smallest absolute Gasteiger partial charge is 0.0271 e. The summed E-state index contributed by atoms with van der Waals surface area (Å²) in [6.07, 6.45) is 8.35. The molecule has 0 aromatic heterocycles. The maximum absolute atomic E-state index is 3.69. The molecule has 0 saturated heterocycles. The number of alkyl halides is 2. The first-order valence-corrected chi connectivity index (χ1v) is 5.92. The molecule has 0 amide bonds. The molecule has 1 rings (SSSR count). The Labute approximate surface area is 80.0 Å². The zero-order valence-corrected chi connectivity index (χ0v) is 9.33. The first kappa shape index (κ1) is 9.05. The normalized spacial score (nSPS) is 36.6. The van der Waals surface area contributed by atoms with Gasteiger partial charge in [-0.25, -0.2) is 0 Å². The van der Waals surface area contributed by atoms with Crippen molar-refractivity contribution >= 4 is 31.9 Å². The molecule has 60 valence electrons. The molecule has 0 radical (unpaired) electrons. The van der Waals surface area contributed by atoms with Gasteiger partial charge in [0.25, 0.3) is 0 Å². The summed E-state index contributed by atoms with van der Waals surface area (Å²) in [4.78, 5) is 1.43. The van der Waals surface area contributed by atoms with Gasteiger partial charge in [0.05, 0.1) is 0 Å². The summed E-state index contributed by atoms with van der Waals surface area (Å²) in [5.74, 6) is 0. The van der Waals surface area contributed by atoms with Gasteiger partial charge < -0.3 is 0 Å². The van der Waals surface area contributed by atoms with Gasteiger partial charge in [-0.15, -0.1) is 0 Å². The number of halogens is 2. The Bertz CT molecular complexity index is 81.3. The first-order chi connectivity index (χ1) is 4.80. The summed E-state index contributed by atoms with van der Waals surface area (Å²) in [5.41, 5.74) is 0. The molecule has 0 heterocycles. The minimum Gasteiger partial charge on any atom is -0.0879 e. The van der Waals surface area contributed by atoms with Crippen molar-refractivity contribution in [2.45, 2.75) is 48.2 Å². The van der Waals surface area contributed by atoms with Crippen LogP contribution in [0.25, 0.3) is 0 Å². The van der Waals surface area contributed by atoms with Crippen molar-refractivity contribution < 1.29 is 0 Å². The number of hydrogen-bond donors (Lipinski definition) is 0. The zero-order valence-electron chi connectivity index (χ0n) is 6.15. The second-order valence-corrected chi connectivity index (χ2v) is 5.38. The van der Waals surface area contributed by atoms with Crippen molar-refractivity contribution in [2.75, 3.05) is 0 Å². The Morgan fingerprint density at radius 1 is 0.700 bits per heavy atom. The highest BCUT2D eigenvalue weighted by Crippen LogP contribution is 2.27. The molecule has 0 spiro atoms. The van der Waals surface area contributed by atoms with Gasteiger partial charge in [0, 0.05) is 9.65 Å². The maximum Gasteiger partial charge on any atom is 0.0271 e. The van der Waals surface area contributed by atoms with Gasteiger partial charge in [-0.3, -0.25) is 0 Å². The quantitative estimate of drug-likeness (QED) is 0.586. The van der Waals surface area contributed by atoms with Crippen LogP contribution < -0.4 is 0 Å². The van der Waals surface area contributed by atoms with Crippen LogP contribution in [0.2, 0.25) is 0 Å². The predicted octanol–water partition coefficient (Wildman–Crippen LogP) is 3.87. The van der Waals surface area contributed by atoms with Crippen LogP contribution in [0.5, 0.6) is 0 Å². The lowest BCUT2D eigenvalue weighted by Crippen LogP contribution is -2.15.